The van der Waals surface area contributed by atoms with Crippen molar-refractivity contribution in [2.24, 2.45) is 0 Å². The molecule has 0 spiro atoms. The molecule has 3 N–H and O–H groups in total. The smallest absolute Gasteiger partial charge is 0.408 e. The molecule has 0 bridgehead atoms. The van der Waals surface area contributed by atoms with Crippen molar-refractivity contribution in [1.82, 2.24) is 9.88 Å². The van der Waals surface area contributed by atoms with E-state index in [4.69, 9.17) is 10.2 Å². The highest BCUT2D eigenvalue weighted by Crippen LogP contribution is 2.30. The Labute approximate surface area is 117 Å². The van der Waals surface area contributed by atoms with Gasteiger partial charge in [0.15, 0.2) is 5.58 Å². The highest BCUT2D eigenvalue weighted by atomic mass is 16.4. The lowest BCUT2D eigenvalue weighted by Crippen LogP contribution is -2.42. The van der Waals surface area contributed by atoms with Gasteiger partial charge in [-0.05, 0) is 33.0 Å². The number of hydrogen-bond acceptors (Lipinski definition) is 5. The SMILES string of the molecule is CN(C)C1CCN(c2cc3[nH]c(=O)oc3cc2N)CC1. The maximum Gasteiger partial charge on any atom is 0.417 e. The zero-order valence-electron chi connectivity index (χ0n) is 11.8. The van der Waals surface area contributed by atoms with Crippen LogP contribution in [0.3, 0.4) is 0 Å². The van der Waals surface area contributed by atoms with Crippen molar-refractivity contribution >= 4 is 22.5 Å². The number of rotatable bonds is 2. The minimum absolute atomic E-state index is 0.442. The van der Waals surface area contributed by atoms with Gasteiger partial charge in [-0.2, -0.15) is 0 Å². The maximum absolute atomic E-state index is 11.2. The first-order valence-corrected chi connectivity index (χ1v) is 6.88. The van der Waals surface area contributed by atoms with Crippen molar-refractivity contribution in [3.63, 3.8) is 0 Å². The van der Waals surface area contributed by atoms with Crippen LogP contribution in [0.25, 0.3) is 11.1 Å². The minimum atomic E-state index is -0.442. The molecular formula is C14H20N4O2. The number of aromatic amines is 1. The van der Waals surface area contributed by atoms with E-state index in [0.29, 0.717) is 22.8 Å². The number of fused-ring (bicyclic) bond motifs is 1. The quantitative estimate of drug-likeness (QED) is 0.807. The second-order valence-corrected chi connectivity index (χ2v) is 5.60. The van der Waals surface area contributed by atoms with Crippen LogP contribution in [0.15, 0.2) is 21.3 Å². The zero-order chi connectivity index (χ0) is 14.3. The van der Waals surface area contributed by atoms with Crippen LogP contribution >= 0.6 is 0 Å². The highest BCUT2D eigenvalue weighted by Gasteiger charge is 2.22. The summed E-state index contributed by atoms with van der Waals surface area (Å²) in [7, 11) is 4.24. The maximum atomic E-state index is 11.2. The Morgan fingerprint density at radius 2 is 2.05 bits per heavy atom. The van der Waals surface area contributed by atoms with Gasteiger partial charge in [0.2, 0.25) is 0 Å². The average molecular weight is 276 g/mol. The van der Waals surface area contributed by atoms with Crippen LogP contribution in [0, 0.1) is 0 Å². The van der Waals surface area contributed by atoms with Gasteiger partial charge in [0, 0.05) is 25.2 Å². The van der Waals surface area contributed by atoms with Crippen molar-refractivity contribution in [2.75, 3.05) is 37.8 Å². The molecule has 1 aromatic heterocycles. The third-order valence-corrected chi connectivity index (χ3v) is 4.10. The van der Waals surface area contributed by atoms with Crippen molar-refractivity contribution in [3.8, 4) is 0 Å². The Hall–Kier alpha value is -1.95. The minimum Gasteiger partial charge on any atom is -0.408 e. The third kappa shape index (κ3) is 2.27. The van der Waals surface area contributed by atoms with E-state index in [2.05, 4.69) is 28.9 Å². The number of H-pyrrole nitrogens is 1. The van der Waals surface area contributed by atoms with Crippen LogP contribution < -0.4 is 16.4 Å². The van der Waals surface area contributed by atoms with Crippen LogP contribution in [0.5, 0.6) is 0 Å². The molecule has 2 heterocycles. The van der Waals surface area contributed by atoms with Gasteiger partial charge >= 0.3 is 5.76 Å². The molecule has 108 valence electrons. The predicted molar refractivity (Wildman–Crippen MR) is 80.2 cm³/mol. The normalized spacial score (nSPS) is 17.2. The van der Waals surface area contributed by atoms with E-state index < -0.39 is 5.76 Å². The molecule has 6 heteroatoms. The fourth-order valence-corrected chi connectivity index (χ4v) is 2.90. The van der Waals surface area contributed by atoms with Crippen LogP contribution in [0.2, 0.25) is 0 Å². The Kier molecular flexibility index (Phi) is 3.17. The number of benzene rings is 1. The van der Waals surface area contributed by atoms with Gasteiger partial charge < -0.3 is 20.0 Å². The number of nitrogen functional groups attached to an aromatic ring is 1. The van der Waals surface area contributed by atoms with E-state index in [-0.39, 0.29) is 0 Å². The van der Waals surface area contributed by atoms with Crippen LogP contribution in [0.4, 0.5) is 11.4 Å². The number of nitrogens with two attached hydrogens (primary N) is 1. The Balaban J connectivity index is 1.87. The number of aromatic nitrogens is 1. The molecule has 1 fully saturated rings. The number of piperidine rings is 1. The molecule has 0 saturated carbocycles. The fourth-order valence-electron chi connectivity index (χ4n) is 2.90. The summed E-state index contributed by atoms with van der Waals surface area (Å²) >= 11 is 0. The monoisotopic (exact) mass is 276 g/mol. The standard InChI is InChI=1S/C14H20N4O2/c1-17(2)9-3-5-18(6-4-9)12-8-11-13(7-10(12)15)20-14(19)16-11/h7-9H,3-6,15H2,1-2H3,(H,16,19). The first-order valence-electron chi connectivity index (χ1n) is 6.88. The molecule has 2 aromatic rings. The summed E-state index contributed by atoms with van der Waals surface area (Å²) in [5.74, 6) is -0.442. The van der Waals surface area contributed by atoms with Crippen molar-refractivity contribution in [3.05, 3.63) is 22.7 Å². The van der Waals surface area contributed by atoms with Gasteiger partial charge in [-0.15, -0.1) is 0 Å². The lowest BCUT2D eigenvalue weighted by Gasteiger charge is -2.36. The second kappa shape index (κ2) is 4.86. The number of hydrogen-bond donors (Lipinski definition) is 2. The van der Waals surface area contributed by atoms with E-state index in [1.807, 2.05) is 6.07 Å². The summed E-state index contributed by atoms with van der Waals surface area (Å²) in [6.45, 7) is 1.95. The van der Waals surface area contributed by atoms with E-state index >= 15 is 0 Å². The highest BCUT2D eigenvalue weighted by molar-refractivity contribution is 5.85. The molecule has 1 aromatic carbocycles. The van der Waals surface area contributed by atoms with E-state index in [0.717, 1.165) is 31.6 Å². The number of anilines is 2. The van der Waals surface area contributed by atoms with Crippen LogP contribution in [-0.4, -0.2) is 43.1 Å². The largest absolute Gasteiger partial charge is 0.417 e. The Morgan fingerprint density at radius 1 is 1.35 bits per heavy atom. The summed E-state index contributed by atoms with van der Waals surface area (Å²) in [5.41, 5.74) is 8.94. The first kappa shape index (κ1) is 13.1. The van der Waals surface area contributed by atoms with Crippen molar-refractivity contribution < 1.29 is 4.42 Å². The summed E-state index contributed by atoms with van der Waals surface area (Å²) < 4.78 is 5.02. The molecule has 0 amide bonds. The predicted octanol–water partition coefficient (Wildman–Crippen LogP) is 1.23. The zero-order valence-corrected chi connectivity index (χ0v) is 11.8. The van der Waals surface area contributed by atoms with Gasteiger partial charge in [-0.25, -0.2) is 4.79 Å². The molecule has 0 atom stereocenters. The molecule has 1 aliphatic rings. The number of nitrogens with zero attached hydrogens (tertiary/aromatic N) is 2. The van der Waals surface area contributed by atoms with Gasteiger partial charge in [0.25, 0.3) is 0 Å². The average Bonchev–Trinajstić information content (AvgIpc) is 2.77. The molecule has 6 nitrogen and oxygen atoms in total. The lowest BCUT2D eigenvalue weighted by atomic mass is 10.0. The Morgan fingerprint density at radius 3 is 2.70 bits per heavy atom. The van der Waals surface area contributed by atoms with E-state index in [1.165, 1.54) is 0 Å². The van der Waals surface area contributed by atoms with Crippen LogP contribution in [0.1, 0.15) is 12.8 Å². The second-order valence-electron chi connectivity index (χ2n) is 5.60. The number of nitrogens with one attached hydrogen (secondary N) is 1. The van der Waals surface area contributed by atoms with E-state index in [9.17, 15) is 4.79 Å². The summed E-state index contributed by atoms with van der Waals surface area (Å²) in [6, 6.07) is 4.26. The third-order valence-electron chi connectivity index (χ3n) is 4.10. The Bertz CT molecular complexity index is 665. The van der Waals surface area contributed by atoms with Gasteiger partial charge in [-0.3, -0.25) is 4.98 Å². The molecule has 3 rings (SSSR count). The van der Waals surface area contributed by atoms with Gasteiger partial charge in [0.05, 0.1) is 16.9 Å². The van der Waals surface area contributed by atoms with Gasteiger partial charge in [-0.1, -0.05) is 0 Å². The van der Waals surface area contributed by atoms with Gasteiger partial charge in [0.1, 0.15) is 0 Å². The summed E-state index contributed by atoms with van der Waals surface area (Å²) in [4.78, 5) is 18.5. The van der Waals surface area contributed by atoms with Crippen LogP contribution in [-0.2, 0) is 0 Å². The van der Waals surface area contributed by atoms with E-state index in [1.54, 1.807) is 6.07 Å². The first-order chi connectivity index (χ1) is 9.54. The lowest BCUT2D eigenvalue weighted by molar-refractivity contribution is 0.250. The summed E-state index contributed by atoms with van der Waals surface area (Å²) in [6.07, 6.45) is 2.23. The summed E-state index contributed by atoms with van der Waals surface area (Å²) in [5, 5.41) is 0. The molecule has 0 aliphatic carbocycles. The van der Waals surface area contributed by atoms with Crippen molar-refractivity contribution in [2.45, 2.75) is 18.9 Å². The molecule has 0 radical (unpaired) electrons. The molecular weight excluding hydrogens is 256 g/mol. The fraction of sp³-hybridized carbons (Fsp3) is 0.500. The molecule has 20 heavy (non-hydrogen) atoms. The number of oxazole rings is 1. The molecule has 1 aliphatic heterocycles. The van der Waals surface area contributed by atoms with Crippen molar-refractivity contribution in [1.29, 1.82) is 0 Å². The topological polar surface area (TPSA) is 78.5 Å². The molecule has 0 unspecified atom stereocenters. The molecule has 1 saturated heterocycles.